The molecule has 0 spiro atoms. The highest BCUT2D eigenvalue weighted by Gasteiger charge is 2.11. The summed E-state index contributed by atoms with van der Waals surface area (Å²) in [5.41, 5.74) is -0.0660. The maximum absolute atomic E-state index is 10.7. The molecule has 2 rings (SSSR count). The van der Waals surface area contributed by atoms with Gasteiger partial charge in [-0.25, -0.2) is 4.79 Å². The zero-order valence-electron chi connectivity index (χ0n) is 11.3. The van der Waals surface area contributed by atoms with Crippen LogP contribution in [-0.2, 0) is 0 Å². The van der Waals surface area contributed by atoms with Gasteiger partial charge in [0.1, 0.15) is 11.3 Å². The summed E-state index contributed by atoms with van der Waals surface area (Å²) in [5, 5.41) is 19.8. The molecule has 2 aromatic rings. The highest BCUT2D eigenvalue weighted by molar-refractivity contribution is 6.00. The van der Waals surface area contributed by atoms with Gasteiger partial charge in [0.2, 0.25) is 0 Å². The minimum Gasteiger partial charge on any atom is -0.506 e. The topological polar surface area (TPSA) is 57.5 Å². The molecule has 2 aromatic carbocycles. The first-order chi connectivity index (χ1) is 8.70. The molecular weight excluding hydrogens is 228 g/mol. The summed E-state index contributed by atoms with van der Waals surface area (Å²) in [4.78, 5) is 10.7. The molecule has 0 aromatic heterocycles. The molecule has 18 heavy (non-hydrogen) atoms. The van der Waals surface area contributed by atoms with Gasteiger partial charge in [0.15, 0.2) is 0 Å². The largest absolute Gasteiger partial charge is 0.506 e. The molecule has 98 valence electrons. The standard InChI is InChI=1S/C11H8O3.2C2H6/c12-10-8-4-2-1-3-7(8)5-6-9(10)11(13)14;2*1-2/h1-6,12H,(H,13,14);2*1-2H3. The van der Waals surface area contributed by atoms with E-state index in [1.54, 1.807) is 18.2 Å². The van der Waals surface area contributed by atoms with Crippen LogP contribution in [-0.4, -0.2) is 16.2 Å². The van der Waals surface area contributed by atoms with Crippen molar-refractivity contribution in [3.8, 4) is 5.75 Å². The van der Waals surface area contributed by atoms with E-state index >= 15 is 0 Å². The minimum atomic E-state index is -1.12. The van der Waals surface area contributed by atoms with E-state index in [9.17, 15) is 9.90 Å². The molecule has 3 nitrogen and oxygen atoms in total. The quantitative estimate of drug-likeness (QED) is 0.791. The lowest BCUT2D eigenvalue weighted by molar-refractivity contribution is 0.0694. The first kappa shape index (κ1) is 16.0. The van der Waals surface area contributed by atoms with Crippen LogP contribution in [0, 0.1) is 0 Å². The molecule has 0 radical (unpaired) electrons. The second-order valence-corrected chi connectivity index (χ2v) is 2.99. The lowest BCUT2D eigenvalue weighted by Gasteiger charge is -2.03. The Hall–Kier alpha value is -2.03. The Morgan fingerprint density at radius 2 is 1.50 bits per heavy atom. The molecule has 0 aliphatic heterocycles. The number of hydrogen-bond donors (Lipinski definition) is 2. The summed E-state index contributed by atoms with van der Waals surface area (Å²) in [5.74, 6) is -1.29. The summed E-state index contributed by atoms with van der Waals surface area (Å²) in [6.45, 7) is 8.00. The lowest BCUT2D eigenvalue weighted by atomic mass is 10.1. The van der Waals surface area contributed by atoms with Crippen LogP contribution in [0.15, 0.2) is 36.4 Å². The number of benzene rings is 2. The summed E-state index contributed by atoms with van der Waals surface area (Å²) in [7, 11) is 0. The highest BCUT2D eigenvalue weighted by atomic mass is 16.4. The van der Waals surface area contributed by atoms with Crippen LogP contribution in [0.5, 0.6) is 5.75 Å². The van der Waals surface area contributed by atoms with Crippen molar-refractivity contribution in [1.29, 1.82) is 0 Å². The van der Waals surface area contributed by atoms with Crippen molar-refractivity contribution < 1.29 is 15.0 Å². The van der Waals surface area contributed by atoms with E-state index in [1.165, 1.54) is 6.07 Å². The fraction of sp³-hybridized carbons (Fsp3) is 0.267. The van der Waals surface area contributed by atoms with Gasteiger partial charge in [-0.3, -0.25) is 0 Å². The third-order valence-corrected chi connectivity index (χ3v) is 2.13. The zero-order valence-corrected chi connectivity index (χ0v) is 11.3. The number of hydrogen-bond acceptors (Lipinski definition) is 2. The van der Waals surface area contributed by atoms with Crippen LogP contribution in [0.25, 0.3) is 10.8 Å². The van der Waals surface area contributed by atoms with Gasteiger partial charge >= 0.3 is 5.97 Å². The fourth-order valence-electron chi connectivity index (χ4n) is 1.43. The molecule has 0 fully saturated rings. The number of carbonyl (C=O) groups is 1. The number of aromatic carboxylic acids is 1. The Kier molecular flexibility index (Phi) is 7.20. The number of aromatic hydroxyl groups is 1. The van der Waals surface area contributed by atoms with Crippen molar-refractivity contribution in [3.05, 3.63) is 42.0 Å². The van der Waals surface area contributed by atoms with E-state index in [2.05, 4.69) is 0 Å². The van der Waals surface area contributed by atoms with E-state index < -0.39 is 5.97 Å². The van der Waals surface area contributed by atoms with Gasteiger partial charge in [0.25, 0.3) is 0 Å². The third kappa shape index (κ3) is 3.48. The average molecular weight is 248 g/mol. The molecule has 0 amide bonds. The van der Waals surface area contributed by atoms with Crippen molar-refractivity contribution in [2.24, 2.45) is 0 Å². The predicted molar refractivity (Wildman–Crippen MR) is 75.3 cm³/mol. The first-order valence-electron chi connectivity index (χ1n) is 6.14. The Morgan fingerprint density at radius 3 is 2.06 bits per heavy atom. The van der Waals surface area contributed by atoms with Crippen LogP contribution < -0.4 is 0 Å². The van der Waals surface area contributed by atoms with Crippen LogP contribution in [0.4, 0.5) is 0 Å². The maximum Gasteiger partial charge on any atom is 0.339 e. The predicted octanol–water partition coefficient (Wildman–Crippen LogP) is 4.30. The number of carboxylic acids is 1. The third-order valence-electron chi connectivity index (χ3n) is 2.13. The van der Waals surface area contributed by atoms with Crippen LogP contribution in [0.2, 0.25) is 0 Å². The molecule has 2 N–H and O–H groups in total. The Bertz CT molecular complexity index is 504. The normalized spacial score (nSPS) is 8.67. The second-order valence-electron chi connectivity index (χ2n) is 2.99. The van der Waals surface area contributed by atoms with Crippen molar-refractivity contribution >= 4 is 16.7 Å². The van der Waals surface area contributed by atoms with Gasteiger partial charge in [0.05, 0.1) is 0 Å². The van der Waals surface area contributed by atoms with Crippen molar-refractivity contribution in [2.75, 3.05) is 0 Å². The average Bonchev–Trinajstić information content (AvgIpc) is 2.43. The number of fused-ring (bicyclic) bond motifs is 1. The number of phenols is 1. The Balaban J connectivity index is 0.000000659. The van der Waals surface area contributed by atoms with Crippen molar-refractivity contribution in [3.63, 3.8) is 0 Å². The molecule has 0 saturated heterocycles. The molecular formula is C15H20O3. The van der Waals surface area contributed by atoms with Gasteiger partial charge < -0.3 is 10.2 Å². The van der Waals surface area contributed by atoms with Crippen molar-refractivity contribution in [2.45, 2.75) is 27.7 Å². The molecule has 0 heterocycles. The van der Waals surface area contributed by atoms with Crippen molar-refractivity contribution in [1.82, 2.24) is 0 Å². The molecule has 0 bridgehead atoms. The van der Waals surface area contributed by atoms with E-state index in [0.29, 0.717) is 5.39 Å². The van der Waals surface area contributed by atoms with Gasteiger partial charge in [-0.1, -0.05) is 58.0 Å². The van der Waals surface area contributed by atoms with Crippen LogP contribution in [0.3, 0.4) is 0 Å². The molecule has 0 atom stereocenters. The summed E-state index contributed by atoms with van der Waals surface area (Å²) >= 11 is 0. The van der Waals surface area contributed by atoms with Crippen LogP contribution in [0.1, 0.15) is 38.1 Å². The number of carboxylic acid groups (broad SMARTS) is 1. The van der Waals surface area contributed by atoms with E-state index in [4.69, 9.17) is 5.11 Å². The Labute approximate surface area is 108 Å². The van der Waals surface area contributed by atoms with E-state index in [-0.39, 0.29) is 11.3 Å². The SMILES string of the molecule is CC.CC.O=C(O)c1ccc2ccccc2c1O. The lowest BCUT2D eigenvalue weighted by Crippen LogP contribution is -1.96. The van der Waals surface area contributed by atoms with Gasteiger partial charge in [0, 0.05) is 5.39 Å². The molecule has 0 saturated carbocycles. The van der Waals surface area contributed by atoms with Gasteiger partial charge in [-0.2, -0.15) is 0 Å². The maximum atomic E-state index is 10.7. The second kappa shape index (κ2) is 8.12. The molecule has 0 aliphatic carbocycles. The van der Waals surface area contributed by atoms with Crippen LogP contribution >= 0.6 is 0 Å². The smallest absolute Gasteiger partial charge is 0.339 e. The molecule has 0 aliphatic rings. The highest BCUT2D eigenvalue weighted by Crippen LogP contribution is 2.28. The van der Waals surface area contributed by atoms with Gasteiger partial charge in [-0.05, 0) is 11.5 Å². The molecule has 3 heteroatoms. The minimum absolute atomic E-state index is 0.0660. The Morgan fingerprint density at radius 1 is 0.944 bits per heavy atom. The summed E-state index contributed by atoms with van der Waals surface area (Å²) in [6.07, 6.45) is 0. The van der Waals surface area contributed by atoms with E-state index in [1.807, 2.05) is 39.8 Å². The summed E-state index contributed by atoms with van der Waals surface area (Å²) < 4.78 is 0. The van der Waals surface area contributed by atoms with Gasteiger partial charge in [-0.15, -0.1) is 0 Å². The van der Waals surface area contributed by atoms with E-state index in [0.717, 1.165) is 5.39 Å². The summed E-state index contributed by atoms with van der Waals surface area (Å²) in [6, 6.07) is 10.2. The molecule has 0 unspecified atom stereocenters. The monoisotopic (exact) mass is 248 g/mol. The number of rotatable bonds is 1. The zero-order chi connectivity index (χ0) is 14.1. The first-order valence-corrected chi connectivity index (χ1v) is 6.14. The fourth-order valence-corrected chi connectivity index (χ4v) is 1.43.